The molecule has 4 aromatic rings. The zero-order valence-corrected chi connectivity index (χ0v) is 19.5. The van der Waals surface area contributed by atoms with Gasteiger partial charge in [0.1, 0.15) is 0 Å². The molecule has 0 fully saturated rings. The molecule has 0 saturated carbocycles. The average Bonchev–Trinajstić information content (AvgIpc) is 3.21. The van der Waals surface area contributed by atoms with E-state index in [0.717, 1.165) is 6.07 Å². The van der Waals surface area contributed by atoms with Crippen molar-refractivity contribution < 1.29 is 22.3 Å². The number of ether oxygens (including phenoxy) is 1. The number of halogens is 6. The molecule has 4 rings (SSSR count). The molecule has 0 spiro atoms. The zero-order chi connectivity index (χ0) is 24.3. The maximum Gasteiger partial charge on any atom is 0.417 e. The van der Waals surface area contributed by atoms with Crippen LogP contribution in [0, 0.1) is 5.82 Å². The van der Waals surface area contributed by atoms with Crippen LogP contribution in [0.15, 0.2) is 71.9 Å². The molecule has 34 heavy (non-hydrogen) atoms. The van der Waals surface area contributed by atoms with Crippen LogP contribution < -0.4 is 4.74 Å². The van der Waals surface area contributed by atoms with E-state index in [4.69, 9.17) is 27.9 Å². The van der Waals surface area contributed by atoms with Crippen molar-refractivity contribution in [1.82, 2.24) is 14.8 Å². The van der Waals surface area contributed by atoms with Crippen molar-refractivity contribution in [2.45, 2.75) is 11.3 Å². The van der Waals surface area contributed by atoms with Crippen LogP contribution in [-0.4, -0.2) is 27.1 Å². The van der Waals surface area contributed by atoms with Crippen molar-refractivity contribution >= 4 is 35.0 Å². The smallest absolute Gasteiger partial charge is 0.417 e. The van der Waals surface area contributed by atoms with Crippen molar-refractivity contribution in [3.05, 3.63) is 88.2 Å². The second-order valence-corrected chi connectivity index (χ2v) is 8.85. The Morgan fingerprint density at radius 2 is 1.74 bits per heavy atom. The lowest BCUT2D eigenvalue weighted by molar-refractivity contribution is -0.137. The monoisotopic (exact) mass is 527 g/mol. The van der Waals surface area contributed by atoms with Gasteiger partial charge in [0.25, 0.3) is 0 Å². The fraction of sp³-hybridized carbons (Fsp3) is 0.130. The highest BCUT2D eigenvalue weighted by Gasteiger charge is 2.34. The Balaban J connectivity index is 1.67. The number of alkyl halides is 3. The fourth-order valence-electron chi connectivity index (χ4n) is 3.13. The Bertz CT molecular complexity index is 1310. The van der Waals surface area contributed by atoms with Crippen molar-refractivity contribution in [2.24, 2.45) is 0 Å². The first-order valence-electron chi connectivity index (χ1n) is 9.82. The molecule has 0 bridgehead atoms. The third-order valence-corrected chi connectivity index (χ3v) is 6.10. The Morgan fingerprint density at radius 1 is 0.941 bits per heavy atom. The Morgan fingerprint density at radius 3 is 2.47 bits per heavy atom. The predicted octanol–water partition coefficient (Wildman–Crippen LogP) is 7.57. The summed E-state index contributed by atoms with van der Waals surface area (Å²) in [5, 5.41) is 8.69. The van der Waals surface area contributed by atoms with Crippen LogP contribution in [0.4, 0.5) is 17.6 Å². The molecule has 0 amide bonds. The largest absolute Gasteiger partial charge is 0.490 e. The molecule has 0 aliphatic rings. The van der Waals surface area contributed by atoms with Crippen LogP contribution in [0.25, 0.3) is 17.1 Å². The maximum absolute atomic E-state index is 13.7. The SMILES string of the molecule is Fc1ccccc1OCCSc1nnc(-c2cccc(Cl)c2)n1-c1ccc(Cl)c(C(F)(F)F)c1. The molecule has 0 saturated heterocycles. The first-order valence-corrected chi connectivity index (χ1v) is 11.6. The quantitative estimate of drug-likeness (QED) is 0.141. The van der Waals surface area contributed by atoms with Gasteiger partial charge in [-0.2, -0.15) is 13.2 Å². The van der Waals surface area contributed by atoms with Gasteiger partial charge in [-0.3, -0.25) is 4.57 Å². The minimum absolute atomic E-state index is 0.108. The molecule has 1 aromatic heterocycles. The molecular weight excluding hydrogens is 513 g/mol. The number of nitrogens with zero attached hydrogens (tertiary/aromatic N) is 3. The van der Waals surface area contributed by atoms with E-state index in [1.165, 1.54) is 40.6 Å². The average molecular weight is 528 g/mol. The van der Waals surface area contributed by atoms with Gasteiger partial charge in [0.05, 0.1) is 22.9 Å². The highest BCUT2D eigenvalue weighted by molar-refractivity contribution is 7.99. The molecule has 0 aliphatic heterocycles. The van der Waals surface area contributed by atoms with E-state index in [-0.39, 0.29) is 18.0 Å². The van der Waals surface area contributed by atoms with Crippen LogP contribution >= 0.6 is 35.0 Å². The van der Waals surface area contributed by atoms with E-state index in [1.54, 1.807) is 36.4 Å². The van der Waals surface area contributed by atoms with E-state index in [2.05, 4.69) is 10.2 Å². The van der Waals surface area contributed by atoms with E-state index in [1.807, 2.05) is 0 Å². The topological polar surface area (TPSA) is 39.9 Å². The predicted molar refractivity (Wildman–Crippen MR) is 124 cm³/mol. The Labute approximate surface area is 206 Å². The number of para-hydroxylation sites is 1. The molecule has 11 heteroatoms. The first kappa shape index (κ1) is 24.4. The molecule has 0 aliphatic carbocycles. The number of hydrogen-bond acceptors (Lipinski definition) is 4. The van der Waals surface area contributed by atoms with Gasteiger partial charge in [0.15, 0.2) is 22.5 Å². The number of hydrogen-bond donors (Lipinski definition) is 0. The fourth-order valence-corrected chi connectivity index (χ4v) is 4.31. The Hall–Kier alpha value is -2.75. The summed E-state index contributed by atoms with van der Waals surface area (Å²) in [7, 11) is 0. The summed E-state index contributed by atoms with van der Waals surface area (Å²) in [5.74, 6) is 0.258. The maximum atomic E-state index is 13.7. The van der Waals surface area contributed by atoms with Crippen molar-refractivity contribution in [3.8, 4) is 22.8 Å². The van der Waals surface area contributed by atoms with Crippen LogP contribution in [0.3, 0.4) is 0 Å². The van der Waals surface area contributed by atoms with Crippen LogP contribution in [0.5, 0.6) is 5.75 Å². The minimum atomic E-state index is -4.64. The lowest BCUT2D eigenvalue weighted by Crippen LogP contribution is -2.09. The van der Waals surface area contributed by atoms with E-state index in [9.17, 15) is 17.6 Å². The first-order chi connectivity index (χ1) is 16.2. The van der Waals surface area contributed by atoms with Gasteiger partial charge in [0.2, 0.25) is 0 Å². The van der Waals surface area contributed by atoms with Gasteiger partial charge in [0, 0.05) is 16.3 Å². The van der Waals surface area contributed by atoms with Gasteiger partial charge in [-0.25, -0.2) is 4.39 Å². The van der Waals surface area contributed by atoms with Crippen LogP contribution in [0.1, 0.15) is 5.56 Å². The molecular formula is C23H15Cl2F4N3OS. The Kier molecular flexibility index (Phi) is 7.35. The van der Waals surface area contributed by atoms with E-state index < -0.39 is 22.6 Å². The number of benzene rings is 3. The van der Waals surface area contributed by atoms with Crippen LogP contribution in [-0.2, 0) is 6.18 Å². The summed E-state index contributed by atoms with van der Waals surface area (Å²) in [6, 6.07) is 16.3. The summed E-state index contributed by atoms with van der Waals surface area (Å²) >= 11 is 13.1. The summed E-state index contributed by atoms with van der Waals surface area (Å²) in [4.78, 5) is 0. The molecule has 4 nitrogen and oxygen atoms in total. The third kappa shape index (κ3) is 5.48. The molecule has 0 N–H and O–H groups in total. The van der Waals surface area contributed by atoms with Crippen LogP contribution in [0.2, 0.25) is 10.0 Å². The lowest BCUT2D eigenvalue weighted by atomic mass is 10.1. The highest BCUT2D eigenvalue weighted by Crippen LogP contribution is 2.37. The normalized spacial score (nSPS) is 11.6. The molecule has 176 valence electrons. The second kappa shape index (κ2) is 10.2. The van der Waals surface area contributed by atoms with Crippen molar-refractivity contribution in [3.63, 3.8) is 0 Å². The summed E-state index contributed by atoms with van der Waals surface area (Å²) in [6.45, 7) is 0.138. The van der Waals surface area contributed by atoms with Gasteiger partial charge in [-0.05, 0) is 42.5 Å². The number of thioether (sulfide) groups is 1. The molecule has 0 unspecified atom stereocenters. The van der Waals surface area contributed by atoms with Crippen molar-refractivity contribution in [1.29, 1.82) is 0 Å². The second-order valence-electron chi connectivity index (χ2n) is 6.94. The standard InChI is InChI=1S/C23H15Cl2F4N3OS/c24-15-5-3-4-14(12-15)21-30-31-22(34-11-10-33-20-7-2-1-6-19(20)26)32(21)16-8-9-18(25)17(13-16)23(27,28)29/h1-9,12-13H,10-11H2. The highest BCUT2D eigenvalue weighted by atomic mass is 35.5. The van der Waals surface area contributed by atoms with Gasteiger partial charge < -0.3 is 4.74 Å². The third-order valence-electron chi connectivity index (χ3n) is 4.64. The molecule has 0 radical (unpaired) electrons. The minimum Gasteiger partial charge on any atom is -0.490 e. The number of aromatic nitrogens is 3. The molecule has 3 aromatic carbocycles. The van der Waals surface area contributed by atoms with Crippen molar-refractivity contribution in [2.75, 3.05) is 12.4 Å². The summed E-state index contributed by atoms with van der Waals surface area (Å²) < 4.78 is 61.2. The summed E-state index contributed by atoms with van der Waals surface area (Å²) in [5.41, 5.74) is -0.233. The lowest BCUT2D eigenvalue weighted by Gasteiger charge is -2.14. The van der Waals surface area contributed by atoms with E-state index >= 15 is 0 Å². The zero-order valence-electron chi connectivity index (χ0n) is 17.2. The molecule has 1 heterocycles. The summed E-state index contributed by atoms with van der Waals surface area (Å²) in [6.07, 6.45) is -4.64. The molecule has 0 atom stereocenters. The van der Waals surface area contributed by atoms with Gasteiger partial charge in [-0.15, -0.1) is 10.2 Å². The van der Waals surface area contributed by atoms with E-state index in [0.29, 0.717) is 27.3 Å². The van der Waals surface area contributed by atoms with Gasteiger partial charge in [-0.1, -0.05) is 59.2 Å². The van der Waals surface area contributed by atoms with Gasteiger partial charge >= 0.3 is 6.18 Å². The number of rotatable bonds is 7.